The number of carbonyl (C=O) groups excluding carboxylic acids is 1. The Labute approximate surface area is 125 Å². The zero-order valence-electron chi connectivity index (χ0n) is 9.86. The normalized spacial score (nSPS) is 15.4. The average Bonchev–Trinajstić information content (AvgIpc) is 3.09. The molecule has 1 fully saturated rings. The fraction of sp³-hybridized carbons (Fsp3) is 0.364. The Balaban J connectivity index is 2.53. The molecule has 0 aliphatic heterocycles. The van der Waals surface area contributed by atoms with E-state index in [9.17, 15) is 13.2 Å². The van der Waals surface area contributed by atoms with E-state index in [2.05, 4.69) is 0 Å². The lowest BCUT2D eigenvalue weighted by Gasteiger charge is -2.18. The molecule has 1 amide bonds. The fourth-order valence-corrected chi connectivity index (χ4v) is 3.61. The summed E-state index contributed by atoms with van der Waals surface area (Å²) in [6.45, 7) is 0. The molecule has 0 spiro atoms. The van der Waals surface area contributed by atoms with Crippen LogP contribution in [0.5, 0.6) is 0 Å². The maximum Gasteiger partial charge on any atom is 0.262 e. The van der Waals surface area contributed by atoms with Gasteiger partial charge in [0.2, 0.25) is 0 Å². The predicted molar refractivity (Wildman–Crippen MR) is 74.6 cm³/mol. The molecule has 19 heavy (non-hydrogen) atoms. The van der Waals surface area contributed by atoms with Gasteiger partial charge in [0, 0.05) is 23.8 Å². The molecular formula is C11H10Cl3NO3S. The van der Waals surface area contributed by atoms with Gasteiger partial charge in [0.05, 0.1) is 15.6 Å². The molecule has 1 aliphatic carbocycles. The molecule has 0 radical (unpaired) electrons. The minimum absolute atomic E-state index is 0.0283. The Bertz CT molecular complexity index is 641. The summed E-state index contributed by atoms with van der Waals surface area (Å²) in [7, 11) is 2.87. The van der Waals surface area contributed by atoms with E-state index in [1.807, 2.05) is 0 Å². The van der Waals surface area contributed by atoms with E-state index in [0.717, 1.165) is 12.8 Å². The van der Waals surface area contributed by atoms with E-state index in [1.54, 1.807) is 7.05 Å². The van der Waals surface area contributed by atoms with Gasteiger partial charge in [-0.3, -0.25) is 4.79 Å². The first kappa shape index (κ1) is 14.9. The van der Waals surface area contributed by atoms with Crippen LogP contribution < -0.4 is 0 Å². The number of benzene rings is 1. The van der Waals surface area contributed by atoms with E-state index in [1.165, 1.54) is 17.0 Å². The molecule has 0 unspecified atom stereocenters. The molecule has 8 heteroatoms. The second-order valence-electron chi connectivity index (χ2n) is 4.32. The van der Waals surface area contributed by atoms with E-state index in [-0.39, 0.29) is 26.5 Å². The number of carbonyl (C=O) groups is 1. The summed E-state index contributed by atoms with van der Waals surface area (Å²) >= 11 is 11.9. The molecule has 1 saturated carbocycles. The van der Waals surface area contributed by atoms with Crippen LogP contribution >= 0.6 is 33.9 Å². The Morgan fingerprint density at radius 3 is 2.37 bits per heavy atom. The zero-order chi connectivity index (χ0) is 14.4. The first-order valence-corrected chi connectivity index (χ1v) is 8.50. The molecule has 0 N–H and O–H groups in total. The molecule has 1 aromatic rings. The van der Waals surface area contributed by atoms with Gasteiger partial charge in [0.15, 0.2) is 0 Å². The molecule has 0 aromatic heterocycles. The maximum atomic E-state index is 12.3. The van der Waals surface area contributed by atoms with Gasteiger partial charge in [0.25, 0.3) is 15.0 Å². The topological polar surface area (TPSA) is 54.5 Å². The highest BCUT2D eigenvalue weighted by atomic mass is 35.7. The van der Waals surface area contributed by atoms with Crippen molar-refractivity contribution < 1.29 is 13.2 Å². The van der Waals surface area contributed by atoms with Crippen molar-refractivity contribution in [1.29, 1.82) is 0 Å². The van der Waals surface area contributed by atoms with Crippen molar-refractivity contribution in [3.8, 4) is 0 Å². The van der Waals surface area contributed by atoms with E-state index >= 15 is 0 Å². The van der Waals surface area contributed by atoms with Gasteiger partial charge in [-0.1, -0.05) is 23.2 Å². The van der Waals surface area contributed by atoms with Gasteiger partial charge in [0.1, 0.15) is 4.90 Å². The summed E-state index contributed by atoms with van der Waals surface area (Å²) in [5.41, 5.74) is -0.0283. The number of hydrogen-bond donors (Lipinski definition) is 0. The van der Waals surface area contributed by atoms with Crippen LogP contribution in [0.25, 0.3) is 0 Å². The van der Waals surface area contributed by atoms with Crippen LogP contribution in [0.1, 0.15) is 23.2 Å². The minimum atomic E-state index is -4.03. The fourth-order valence-electron chi connectivity index (χ4n) is 1.72. The number of nitrogens with zero attached hydrogens (tertiary/aromatic N) is 1. The van der Waals surface area contributed by atoms with Crippen molar-refractivity contribution >= 4 is 48.8 Å². The molecular weight excluding hydrogens is 333 g/mol. The number of halogens is 3. The van der Waals surface area contributed by atoms with Crippen molar-refractivity contribution in [2.45, 2.75) is 23.8 Å². The summed E-state index contributed by atoms with van der Waals surface area (Å²) in [5.74, 6) is -0.403. The zero-order valence-corrected chi connectivity index (χ0v) is 12.9. The number of hydrogen-bond acceptors (Lipinski definition) is 3. The van der Waals surface area contributed by atoms with Crippen LogP contribution in [-0.2, 0) is 9.05 Å². The number of amides is 1. The van der Waals surface area contributed by atoms with E-state index < -0.39 is 15.0 Å². The Morgan fingerprint density at radius 2 is 1.89 bits per heavy atom. The van der Waals surface area contributed by atoms with Gasteiger partial charge < -0.3 is 4.90 Å². The third-order valence-corrected chi connectivity index (χ3v) is 5.13. The van der Waals surface area contributed by atoms with E-state index in [0.29, 0.717) is 0 Å². The van der Waals surface area contributed by atoms with Crippen LogP contribution in [-0.4, -0.2) is 32.3 Å². The molecule has 1 aliphatic rings. The van der Waals surface area contributed by atoms with Crippen LogP contribution in [0.3, 0.4) is 0 Å². The molecule has 104 valence electrons. The van der Waals surface area contributed by atoms with Crippen LogP contribution in [0.2, 0.25) is 10.0 Å². The first-order chi connectivity index (χ1) is 8.73. The second kappa shape index (κ2) is 5.13. The third kappa shape index (κ3) is 2.99. The highest BCUT2D eigenvalue weighted by molar-refractivity contribution is 8.13. The SMILES string of the molecule is CN(C(=O)c1c(Cl)ccc(S(=O)(=O)Cl)c1Cl)C1CC1. The summed E-state index contributed by atoms with van der Waals surface area (Å²) in [5, 5.41) is -0.133. The van der Waals surface area contributed by atoms with Crippen molar-refractivity contribution in [3.05, 3.63) is 27.7 Å². The predicted octanol–water partition coefficient (Wildman–Crippen LogP) is 3.16. The summed E-state index contributed by atoms with van der Waals surface area (Å²) in [6.07, 6.45) is 1.84. The lowest BCUT2D eigenvalue weighted by molar-refractivity contribution is 0.0785. The van der Waals surface area contributed by atoms with Crippen LogP contribution in [0.15, 0.2) is 17.0 Å². The Hall–Kier alpha value is -0.490. The van der Waals surface area contributed by atoms with Gasteiger partial charge >= 0.3 is 0 Å². The van der Waals surface area contributed by atoms with Gasteiger partial charge in [-0.15, -0.1) is 0 Å². The average molecular weight is 343 g/mol. The van der Waals surface area contributed by atoms with Crippen LogP contribution in [0.4, 0.5) is 0 Å². The number of rotatable bonds is 3. The van der Waals surface area contributed by atoms with E-state index in [4.69, 9.17) is 33.9 Å². The maximum absolute atomic E-state index is 12.3. The third-order valence-electron chi connectivity index (χ3n) is 2.95. The smallest absolute Gasteiger partial charge is 0.262 e. The Kier molecular flexibility index (Phi) is 4.02. The lowest BCUT2D eigenvalue weighted by atomic mass is 10.2. The second-order valence-corrected chi connectivity index (χ2v) is 7.64. The summed E-state index contributed by atoms with van der Waals surface area (Å²) in [6, 6.07) is 2.65. The molecule has 0 heterocycles. The molecule has 0 bridgehead atoms. The quantitative estimate of drug-likeness (QED) is 0.793. The molecule has 0 atom stereocenters. The largest absolute Gasteiger partial charge is 0.339 e. The lowest BCUT2D eigenvalue weighted by Crippen LogP contribution is -2.29. The van der Waals surface area contributed by atoms with Gasteiger partial charge in [-0.2, -0.15) is 0 Å². The van der Waals surface area contributed by atoms with Crippen molar-refractivity contribution in [3.63, 3.8) is 0 Å². The molecule has 4 nitrogen and oxygen atoms in total. The Morgan fingerprint density at radius 1 is 1.32 bits per heavy atom. The van der Waals surface area contributed by atoms with Crippen molar-refractivity contribution in [2.75, 3.05) is 7.05 Å². The standard InChI is InChI=1S/C11H10Cl3NO3S/c1-15(6-2-3-6)11(16)9-7(12)4-5-8(10(9)13)19(14,17)18/h4-6H,2-3H2,1H3. The van der Waals surface area contributed by atoms with Crippen LogP contribution in [0, 0.1) is 0 Å². The molecule has 0 saturated heterocycles. The summed E-state index contributed by atoms with van der Waals surface area (Å²) in [4.78, 5) is 13.5. The molecule has 1 aromatic carbocycles. The monoisotopic (exact) mass is 341 g/mol. The summed E-state index contributed by atoms with van der Waals surface area (Å²) < 4.78 is 22.7. The highest BCUT2D eigenvalue weighted by Gasteiger charge is 2.33. The minimum Gasteiger partial charge on any atom is -0.339 e. The first-order valence-electron chi connectivity index (χ1n) is 5.43. The van der Waals surface area contributed by atoms with Gasteiger partial charge in [-0.25, -0.2) is 8.42 Å². The molecule has 2 rings (SSSR count). The van der Waals surface area contributed by atoms with Gasteiger partial charge in [-0.05, 0) is 25.0 Å². The van der Waals surface area contributed by atoms with Crippen molar-refractivity contribution in [2.24, 2.45) is 0 Å². The highest BCUT2D eigenvalue weighted by Crippen LogP contribution is 2.35. The van der Waals surface area contributed by atoms with Crippen molar-refractivity contribution in [1.82, 2.24) is 4.90 Å².